The maximum Gasteiger partial charge on any atom is 0.257 e. The number of hydrogen-bond acceptors (Lipinski definition) is 6. The maximum atomic E-state index is 13.0. The average Bonchev–Trinajstić information content (AvgIpc) is 3.23. The molecule has 4 heterocycles. The zero-order valence-electron chi connectivity index (χ0n) is 16.2. The van der Waals surface area contributed by atoms with Crippen LogP contribution in [0.4, 0.5) is 0 Å². The number of nitrogens with zero attached hydrogens (tertiary/aromatic N) is 6. The highest BCUT2D eigenvalue weighted by Gasteiger charge is 2.47. The van der Waals surface area contributed by atoms with E-state index in [9.17, 15) is 9.59 Å². The molecule has 4 rings (SSSR count). The summed E-state index contributed by atoms with van der Waals surface area (Å²) in [6.45, 7) is 2.81. The lowest BCUT2D eigenvalue weighted by molar-refractivity contribution is -0.125. The van der Waals surface area contributed by atoms with Gasteiger partial charge in [-0.05, 0) is 31.9 Å². The van der Waals surface area contributed by atoms with E-state index in [-0.39, 0.29) is 11.8 Å². The highest BCUT2D eigenvalue weighted by molar-refractivity contribution is 6.07. The highest BCUT2D eigenvalue weighted by Crippen LogP contribution is 2.31. The van der Waals surface area contributed by atoms with E-state index in [2.05, 4.69) is 20.4 Å². The van der Waals surface area contributed by atoms with E-state index in [1.54, 1.807) is 26.9 Å². The normalized spacial score (nSPS) is 18.2. The van der Waals surface area contributed by atoms with Gasteiger partial charge in [-0.15, -0.1) is 0 Å². The summed E-state index contributed by atoms with van der Waals surface area (Å²) < 4.78 is 1.66. The lowest BCUT2D eigenvalue weighted by Gasteiger charge is -2.35. The fourth-order valence-corrected chi connectivity index (χ4v) is 3.63. The first-order valence-electron chi connectivity index (χ1n) is 9.25. The summed E-state index contributed by atoms with van der Waals surface area (Å²) in [5.74, 6) is 1.09. The van der Waals surface area contributed by atoms with Gasteiger partial charge in [0, 0.05) is 33.4 Å². The number of piperidine rings is 1. The van der Waals surface area contributed by atoms with Crippen LogP contribution in [0, 0.1) is 6.92 Å². The molecular weight excluding hydrogens is 358 g/mol. The first-order valence-corrected chi connectivity index (χ1v) is 9.25. The number of nitrogens with one attached hydrogen (secondary N) is 1. The van der Waals surface area contributed by atoms with Crippen molar-refractivity contribution in [1.29, 1.82) is 0 Å². The Bertz CT molecular complexity index is 940. The number of guanidine groups is 1. The summed E-state index contributed by atoms with van der Waals surface area (Å²) in [5.41, 5.74) is 0.536. The fraction of sp³-hybridized carbons (Fsp3) is 0.421. The van der Waals surface area contributed by atoms with Crippen molar-refractivity contribution in [2.24, 2.45) is 4.99 Å². The molecule has 9 nitrogen and oxygen atoms in total. The van der Waals surface area contributed by atoms with Gasteiger partial charge >= 0.3 is 0 Å². The van der Waals surface area contributed by atoms with E-state index in [0.29, 0.717) is 43.3 Å². The minimum atomic E-state index is -0.760. The minimum Gasteiger partial charge on any atom is -0.349 e. The fourth-order valence-electron chi connectivity index (χ4n) is 3.63. The monoisotopic (exact) mass is 381 g/mol. The standard InChI is InChI=1S/C19H23N7O2/c1-13-14(12-21-26(13)15-6-4-5-9-20-15)16(27)25-10-7-19(8-11-25)17(28)22-18(23-19)24(2)3/h4-6,9,12H,7-8,10-11H2,1-3H3,(H,22,23,28). The third-order valence-corrected chi connectivity index (χ3v) is 5.38. The Morgan fingerprint density at radius 2 is 2.00 bits per heavy atom. The van der Waals surface area contributed by atoms with Crippen molar-refractivity contribution in [3.63, 3.8) is 0 Å². The predicted molar refractivity (Wildman–Crippen MR) is 103 cm³/mol. The molecule has 1 fully saturated rings. The predicted octanol–water partition coefficient (Wildman–Crippen LogP) is 0.598. The van der Waals surface area contributed by atoms with E-state index in [1.165, 1.54) is 0 Å². The Hall–Kier alpha value is -3.23. The van der Waals surface area contributed by atoms with Crippen molar-refractivity contribution in [2.45, 2.75) is 25.3 Å². The maximum absolute atomic E-state index is 13.0. The lowest BCUT2D eigenvalue weighted by Crippen LogP contribution is -2.50. The molecule has 28 heavy (non-hydrogen) atoms. The van der Waals surface area contributed by atoms with E-state index >= 15 is 0 Å². The zero-order valence-corrected chi connectivity index (χ0v) is 16.2. The van der Waals surface area contributed by atoms with Gasteiger partial charge in [0.1, 0.15) is 5.54 Å². The molecule has 0 atom stereocenters. The molecule has 9 heteroatoms. The molecule has 146 valence electrons. The summed E-state index contributed by atoms with van der Waals surface area (Å²) in [6.07, 6.45) is 4.29. The topological polar surface area (TPSA) is 95.7 Å². The second-order valence-corrected chi connectivity index (χ2v) is 7.35. The Balaban J connectivity index is 1.50. The smallest absolute Gasteiger partial charge is 0.257 e. The van der Waals surface area contributed by atoms with Gasteiger partial charge in [-0.3, -0.25) is 14.9 Å². The van der Waals surface area contributed by atoms with Gasteiger partial charge in [0.15, 0.2) is 5.82 Å². The van der Waals surface area contributed by atoms with Gasteiger partial charge in [-0.2, -0.15) is 5.10 Å². The first kappa shape index (κ1) is 18.1. The molecule has 0 aliphatic carbocycles. The molecule has 2 aliphatic rings. The number of aromatic nitrogens is 3. The Morgan fingerprint density at radius 1 is 1.25 bits per heavy atom. The number of hydrogen-bond donors (Lipinski definition) is 1. The molecule has 1 saturated heterocycles. The van der Waals surface area contributed by atoms with Crippen molar-refractivity contribution in [3.05, 3.63) is 41.9 Å². The highest BCUT2D eigenvalue weighted by atomic mass is 16.2. The van der Waals surface area contributed by atoms with Crippen LogP contribution in [0.5, 0.6) is 0 Å². The van der Waals surface area contributed by atoms with Gasteiger partial charge in [0.05, 0.1) is 17.5 Å². The van der Waals surface area contributed by atoms with E-state index in [1.807, 2.05) is 39.2 Å². The first-order chi connectivity index (χ1) is 13.4. The van der Waals surface area contributed by atoms with Gasteiger partial charge in [-0.1, -0.05) is 6.07 Å². The molecule has 2 aromatic rings. The largest absolute Gasteiger partial charge is 0.349 e. The molecule has 0 unspecified atom stereocenters. The van der Waals surface area contributed by atoms with E-state index in [4.69, 9.17) is 0 Å². The number of amides is 2. The van der Waals surface area contributed by atoms with Crippen LogP contribution in [0.2, 0.25) is 0 Å². The van der Waals surface area contributed by atoms with Crippen LogP contribution in [0.25, 0.3) is 5.82 Å². The van der Waals surface area contributed by atoms with Gasteiger partial charge in [0.25, 0.3) is 11.8 Å². The average molecular weight is 381 g/mol. The van der Waals surface area contributed by atoms with Crippen molar-refractivity contribution in [1.82, 2.24) is 29.9 Å². The third-order valence-electron chi connectivity index (χ3n) is 5.38. The zero-order chi connectivity index (χ0) is 19.9. The van der Waals surface area contributed by atoms with Crippen LogP contribution < -0.4 is 5.32 Å². The summed E-state index contributed by atoms with van der Waals surface area (Å²) in [4.78, 5) is 37.9. The molecule has 0 aromatic carbocycles. The van der Waals surface area contributed by atoms with Gasteiger partial charge in [0.2, 0.25) is 5.96 Å². The molecule has 2 aromatic heterocycles. The molecule has 2 amide bonds. The van der Waals surface area contributed by atoms with Gasteiger partial charge in [-0.25, -0.2) is 14.7 Å². The number of carbonyl (C=O) groups is 2. The van der Waals surface area contributed by atoms with E-state index in [0.717, 1.165) is 5.69 Å². The van der Waals surface area contributed by atoms with Crippen LogP contribution >= 0.6 is 0 Å². The van der Waals surface area contributed by atoms with E-state index < -0.39 is 5.54 Å². The number of rotatable bonds is 2. The van der Waals surface area contributed by atoms with Crippen molar-refractivity contribution in [2.75, 3.05) is 27.2 Å². The van der Waals surface area contributed by atoms with Crippen LogP contribution in [0.1, 0.15) is 28.9 Å². The summed E-state index contributed by atoms with van der Waals surface area (Å²) in [7, 11) is 3.69. The minimum absolute atomic E-state index is 0.0789. The number of likely N-dealkylation sites (tertiary alicyclic amines) is 1. The Morgan fingerprint density at radius 3 is 2.61 bits per heavy atom. The lowest BCUT2D eigenvalue weighted by atomic mass is 9.88. The molecule has 0 saturated carbocycles. The molecule has 2 aliphatic heterocycles. The summed E-state index contributed by atoms with van der Waals surface area (Å²) in [6, 6.07) is 5.56. The quantitative estimate of drug-likeness (QED) is 0.822. The third kappa shape index (κ3) is 2.92. The van der Waals surface area contributed by atoms with Crippen LogP contribution in [-0.2, 0) is 4.79 Å². The van der Waals surface area contributed by atoms with Gasteiger partial charge < -0.3 is 9.80 Å². The summed E-state index contributed by atoms with van der Waals surface area (Å²) in [5, 5.41) is 7.16. The molecular formula is C19H23N7O2. The van der Waals surface area contributed by atoms with Crippen molar-refractivity contribution in [3.8, 4) is 5.82 Å². The Kier molecular flexibility index (Phi) is 4.37. The number of pyridine rings is 1. The number of carbonyl (C=O) groups excluding carboxylic acids is 2. The summed E-state index contributed by atoms with van der Waals surface area (Å²) >= 11 is 0. The van der Waals surface area contributed by atoms with Crippen LogP contribution in [-0.4, -0.2) is 75.1 Å². The molecule has 1 N–H and O–H groups in total. The molecule has 0 radical (unpaired) electrons. The van der Waals surface area contributed by atoms with Crippen LogP contribution in [0.15, 0.2) is 35.6 Å². The molecule has 1 spiro atoms. The second kappa shape index (κ2) is 6.74. The van der Waals surface area contributed by atoms with Crippen molar-refractivity contribution < 1.29 is 9.59 Å². The van der Waals surface area contributed by atoms with Crippen molar-refractivity contribution >= 4 is 17.8 Å². The number of aliphatic imine (C=N–C) groups is 1. The Labute approximate surface area is 163 Å². The van der Waals surface area contributed by atoms with Crippen LogP contribution in [0.3, 0.4) is 0 Å². The molecule has 0 bridgehead atoms. The second-order valence-electron chi connectivity index (χ2n) is 7.35. The SMILES string of the molecule is Cc1c(C(=O)N2CCC3(CC2)N=C(N(C)C)NC3=O)cnn1-c1ccccn1.